The zero-order valence-electron chi connectivity index (χ0n) is 11.7. The van der Waals surface area contributed by atoms with Crippen LogP contribution in [0.1, 0.15) is 39.2 Å². The molecular weight excluding hydrogens is 240 g/mol. The molecule has 0 amide bonds. The minimum absolute atomic E-state index is 0.0373. The van der Waals surface area contributed by atoms with Gasteiger partial charge in [0.1, 0.15) is 0 Å². The molecule has 0 saturated carbocycles. The zero-order valence-corrected chi connectivity index (χ0v) is 11.7. The number of fused-ring (bicyclic) bond motifs is 2. The van der Waals surface area contributed by atoms with Crippen LogP contribution in [0, 0.1) is 0 Å². The fourth-order valence-corrected chi connectivity index (χ4v) is 3.17. The van der Waals surface area contributed by atoms with E-state index in [0.717, 1.165) is 19.5 Å². The fraction of sp³-hybridized carbons (Fsp3) is 0.714. The van der Waals surface area contributed by atoms with Crippen LogP contribution in [0.5, 0.6) is 0 Å². The minimum Gasteiger partial charge on any atom is -0.350 e. The predicted octanol–water partition coefficient (Wildman–Crippen LogP) is 1.15. The van der Waals surface area contributed by atoms with E-state index in [4.69, 9.17) is 0 Å². The molecule has 2 fully saturated rings. The van der Waals surface area contributed by atoms with Gasteiger partial charge in [-0.15, -0.1) is 0 Å². The molecule has 104 valence electrons. The van der Waals surface area contributed by atoms with E-state index >= 15 is 0 Å². The first-order chi connectivity index (χ1) is 9.15. The lowest BCUT2D eigenvalue weighted by atomic mass is 10.1. The van der Waals surface area contributed by atoms with Gasteiger partial charge < -0.3 is 14.8 Å². The predicted molar refractivity (Wildman–Crippen MR) is 75.7 cm³/mol. The smallest absolute Gasteiger partial charge is 0.293 e. The molecule has 2 aliphatic heterocycles. The lowest BCUT2D eigenvalue weighted by Crippen LogP contribution is -2.39. The molecule has 1 aromatic heterocycles. The van der Waals surface area contributed by atoms with Crippen molar-refractivity contribution in [1.82, 2.24) is 14.9 Å². The summed E-state index contributed by atoms with van der Waals surface area (Å²) in [6.07, 6.45) is 7.11. The lowest BCUT2D eigenvalue weighted by molar-refractivity contribution is 0.562. The van der Waals surface area contributed by atoms with Gasteiger partial charge in [-0.25, -0.2) is 4.98 Å². The van der Waals surface area contributed by atoms with Gasteiger partial charge >= 0.3 is 0 Å². The monoisotopic (exact) mass is 262 g/mol. The first-order valence-corrected chi connectivity index (χ1v) is 7.23. The molecule has 1 N–H and O–H groups in total. The number of hydrogen-bond donors (Lipinski definition) is 1. The molecule has 0 aliphatic carbocycles. The molecule has 3 rings (SSSR count). The quantitative estimate of drug-likeness (QED) is 0.869. The van der Waals surface area contributed by atoms with E-state index in [2.05, 4.69) is 15.2 Å². The Morgan fingerprint density at radius 2 is 2.11 bits per heavy atom. The number of aromatic nitrogens is 2. The normalized spacial score (nSPS) is 26.8. The van der Waals surface area contributed by atoms with E-state index in [1.54, 1.807) is 17.0 Å². The molecule has 2 unspecified atom stereocenters. The maximum absolute atomic E-state index is 12.5. The molecule has 5 heteroatoms. The molecule has 2 bridgehead atoms. The van der Waals surface area contributed by atoms with E-state index in [1.165, 1.54) is 12.8 Å². The van der Waals surface area contributed by atoms with Gasteiger partial charge in [0.15, 0.2) is 5.82 Å². The summed E-state index contributed by atoms with van der Waals surface area (Å²) in [4.78, 5) is 19.0. The third-order valence-electron chi connectivity index (χ3n) is 4.23. The molecule has 0 radical (unpaired) electrons. The molecule has 3 heterocycles. The van der Waals surface area contributed by atoms with Gasteiger partial charge in [-0.3, -0.25) is 4.79 Å². The number of nitrogens with one attached hydrogen (secondary N) is 1. The van der Waals surface area contributed by atoms with Crippen LogP contribution >= 0.6 is 0 Å². The van der Waals surface area contributed by atoms with Crippen LogP contribution in [-0.2, 0) is 0 Å². The number of anilines is 1. The Bertz CT molecular complexity index is 510. The molecule has 0 aromatic carbocycles. The number of rotatable bonds is 2. The van der Waals surface area contributed by atoms with Crippen molar-refractivity contribution in [3.8, 4) is 0 Å². The first kappa shape index (κ1) is 12.7. The topological polar surface area (TPSA) is 50.2 Å². The van der Waals surface area contributed by atoms with Gasteiger partial charge in [0.25, 0.3) is 5.56 Å². The Balaban J connectivity index is 1.89. The Morgan fingerprint density at radius 3 is 2.89 bits per heavy atom. The minimum atomic E-state index is 0.0373. The largest absolute Gasteiger partial charge is 0.350 e. The van der Waals surface area contributed by atoms with Crippen LogP contribution in [0.3, 0.4) is 0 Å². The molecule has 2 saturated heterocycles. The molecule has 2 atom stereocenters. The fourth-order valence-electron chi connectivity index (χ4n) is 3.17. The molecule has 1 aromatic rings. The lowest BCUT2D eigenvalue weighted by Gasteiger charge is -2.25. The Morgan fingerprint density at radius 1 is 1.32 bits per heavy atom. The van der Waals surface area contributed by atoms with Crippen molar-refractivity contribution in [3.63, 3.8) is 0 Å². The SMILES string of the molecule is CC(C)n1ccnc(N2CCC3CCC(C2)N3)c1=O. The van der Waals surface area contributed by atoms with Gasteiger partial charge in [0.05, 0.1) is 0 Å². The maximum atomic E-state index is 12.5. The van der Waals surface area contributed by atoms with Crippen LogP contribution in [0.25, 0.3) is 0 Å². The molecule has 19 heavy (non-hydrogen) atoms. The second-order valence-electron chi connectivity index (χ2n) is 5.93. The Labute approximate surface area is 113 Å². The van der Waals surface area contributed by atoms with Crippen LogP contribution in [-0.4, -0.2) is 34.7 Å². The van der Waals surface area contributed by atoms with Crippen molar-refractivity contribution in [3.05, 3.63) is 22.7 Å². The van der Waals surface area contributed by atoms with Gasteiger partial charge in [-0.1, -0.05) is 0 Å². The standard InChI is InChI=1S/C14H22N4O/c1-10(2)18-8-6-15-13(14(18)19)17-7-5-11-3-4-12(9-17)16-11/h6,8,10-12,16H,3-5,7,9H2,1-2H3. The highest BCUT2D eigenvalue weighted by Crippen LogP contribution is 2.22. The second kappa shape index (κ2) is 4.96. The zero-order chi connectivity index (χ0) is 13.4. The molecular formula is C14H22N4O. The summed E-state index contributed by atoms with van der Waals surface area (Å²) in [5.41, 5.74) is 0.0373. The van der Waals surface area contributed by atoms with E-state index in [9.17, 15) is 4.79 Å². The number of hydrogen-bond acceptors (Lipinski definition) is 4. The summed E-state index contributed by atoms with van der Waals surface area (Å²) >= 11 is 0. The summed E-state index contributed by atoms with van der Waals surface area (Å²) in [5.74, 6) is 0.616. The molecule has 0 spiro atoms. The summed E-state index contributed by atoms with van der Waals surface area (Å²) in [6, 6.07) is 1.32. The number of nitrogens with zero attached hydrogens (tertiary/aromatic N) is 3. The average Bonchev–Trinajstić information content (AvgIpc) is 2.70. The Hall–Kier alpha value is -1.36. The highest BCUT2D eigenvalue weighted by Gasteiger charge is 2.30. The van der Waals surface area contributed by atoms with Crippen LogP contribution in [0.2, 0.25) is 0 Å². The second-order valence-corrected chi connectivity index (χ2v) is 5.93. The first-order valence-electron chi connectivity index (χ1n) is 7.23. The van der Waals surface area contributed by atoms with E-state index in [0.29, 0.717) is 17.9 Å². The summed E-state index contributed by atoms with van der Waals surface area (Å²) < 4.78 is 1.76. The summed E-state index contributed by atoms with van der Waals surface area (Å²) in [5, 5.41) is 3.63. The van der Waals surface area contributed by atoms with Gasteiger partial charge in [-0.2, -0.15) is 0 Å². The maximum Gasteiger partial charge on any atom is 0.293 e. The van der Waals surface area contributed by atoms with Gasteiger partial charge in [-0.05, 0) is 33.1 Å². The van der Waals surface area contributed by atoms with Crippen molar-refractivity contribution < 1.29 is 0 Å². The Kier molecular flexibility index (Phi) is 3.31. The highest BCUT2D eigenvalue weighted by molar-refractivity contribution is 5.36. The summed E-state index contributed by atoms with van der Waals surface area (Å²) in [7, 11) is 0. The molecule has 2 aliphatic rings. The van der Waals surface area contributed by atoms with E-state index in [1.807, 2.05) is 13.8 Å². The average molecular weight is 262 g/mol. The van der Waals surface area contributed by atoms with Crippen molar-refractivity contribution in [2.75, 3.05) is 18.0 Å². The van der Waals surface area contributed by atoms with Crippen molar-refractivity contribution >= 4 is 5.82 Å². The van der Waals surface area contributed by atoms with Crippen molar-refractivity contribution in [1.29, 1.82) is 0 Å². The summed E-state index contributed by atoms with van der Waals surface area (Å²) in [6.45, 7) is 5.88. The van der Waals surface area contributed by atoms with Crippen LogP contribution < -0.4 is 15.8 Å². The van der Waals surface area contributed by atoms with E-state index < -0.39 is 0 Å². The van der Waals surface area contributed by atoms with Crippen LogP contribution in [0.4, 0.5) is 5.82 Å². The van der Waals surface area contributed by atoms with Gasteiger partial charge in [0.2, 0.25) is 0 Å². The third-order valence-corrected chi connectivity index (χ3v) is 4.23. The van der Waals surface area contributed by atoms with Crippen molar-refractivity contribution in [2.45, 2.75) is 51.2 Å². The molecule has 5 nitrogen and oxygen atoms in total. The highest BCUT2D eigenvalue weighted by atomic mass is 16.1. The third kappa shape index (κ3) is 2.39. The van der Waals surface area contributed by atoms with Gasteiger partial charge in [0, 0.05) is 43.6 Å². The van der Waals surface area contributed by atoms with Crippen molar-refractivity contribution in [2.24, 2.45) is 0 Å². The van der Waals surface area contributed by atoms with Crippen LogP contribution in [0.15, 0.2) is 17.2 Å². The van der Waals surface area contributed by atoms with E-state index in [-0.39, 0.29) is 11.6 Å².